The smallest absolute Gasteiger partial charge is 0.236 e. The summed E-state index contributed by atoms with van der Waals surface area (Å²) in [4.78, 5) is 20.9. The monoisotopic (exact) mass is 323 g/mol. The van der Waals surface area contributed by atoms with E-state index in [9.17, 15) is 4.79 Å². The molecule has 4 nitrogen and oxygen atoms in total. The van der Waals surface area contributed by atoms with Gasteiger partial charge in [0.15, 0.2) is 0 Å². The molecule has 0 spiro atoms. The minimum absolute atomic E-state index is 0.155. The Hall–Kier alpha value is -2.20. The fourth-order valence-electron chi connectivity index (χ4n) is 3.25. The van der Waals surface area contributed by atoms with Gasteiger partial charge in [0.05, 0.1) is 18.3 Å². The van der Waals surface area contributed by atoms with Crippen molar-refractivity contribution in [1.82, 2.24) is 14.8 Å². The van der Waals surface area contributed by atoms with Gasteiger partial charge in [-0.05, 0) is 37.1 Å². The van der Waals surface area contributed by atoms with Crippen LogP contribution in [0.1, 0.15) is 35.8 Å². The number of carbonyl (C=O) groups is 1. The second-order valence-electron chi connectivity index (χ2n) is 6.63. The lowest BCUT2D eigenvalue weighted by atomic mass is 10.1. The number of pyridine rings is 1. The average Bonchev–Trinajstić information content (AvgIpc) is 3.04. The van der Waals surface area contributed by atoms with Crippen molar-refractivity contribution < 1.29 is 4.79 Å². The molecule has 2 heterocycles. The van der Waals surface area contributed by atoms with Gasteiger partial charge in [0, 0.05) is 26.2 Å². The zero-order valence-corrected chi connectivity index (χ0v) is 14.5. The van der Waals surface area contributed by atoms with E-state index in [0.29, 0.717) is 6.54 Å². The molecular weight excluding hydrogens is 298 g/mol. The van der Waals surface area contributed by atoms with E-state index in [1.165, 1.54) is 5.56 Å². The highest BCUT2D eigenvalue weighted by Crippen LogP contribution is 2.30. The van der Waals surface area contributed by atoms with Crippen LogP contribution in [0, 0.1) is 0 Å². The molecule has 0 bridgehead atoms. The lowest BCUT2D eigenvalue weighted by Crippen LogP contribution is -2.36. The number of benzene rings is 1. The van der Waals surface area contributed by atoms with Crippen molar-refractivity contribution >= 4 is 5.91 Å². The predicted octanol–water partition coefficient (Wildman–Crippen LogP) is 2.90. The molecule has 2 aromatic rings. The molecule has 3 rings (SSSR count). The Balaban J connectivity index is 1.74. The third kappa shape index (κ3) is 4.01. The van der Waals surface area contributed by atoms with Crippen molar-refractivity contribution in [3.05, 3.63) is 65.5 Å². The second kappa shape index (κ2) is 7.58. The van der Waals surface area contributed by atoms with Gasteiger partial charge in [-0.2, -0.15) is 0 Å². The van der Waals surface area contributed by atoms with E-state index in [1.54, 1.807) is 4.90 Å². The number of likely N-dealkylation sites (N-methyl/N-ethyl adjacent to an activating group) is 1. The van der Waals surface area contributed by atoms with Crippen LogP contribution in [0.4, 0.5) is 0 Å². The molecule has 0 saturated carbocycles. The molecule has 0 unspecified atom stereocenters. The maximum Gasteiger partial charge on any atom is 0.236 e. The van der Waals surface area contributed by atoms with Crippen molar-refractivity contribution in [2.24, 2.45) is 0 Å². The van der Waals surface area contributed by atoms with Crippen LogP contribution in [0.5, 0.6) is 0 Å². The topological polar surface area (TPSA) is 36.4 Å². The minimum atomic E-state index is 0.155. The van der Waals surface area contributed by atoms with Gasteiger partial charge in [-0.25, -0.2) is 0 Å². The van der Waals surface area contributed by atoms with Crippen molar-refractivity contribution in [2.45, 2.75) is 25.3 Å². The fourth-order valence-corrected chi connectivity index (χ4v) is 3.25. The van der Waals surface area contributed by atoms with Crippen LogP contribution in [0.15, 0.2) is 48.5 Å². The molecule has 1 fully saturated rings. The van der Waals surface area contributed by atoms with Gasteiger partial charge in [-0.3, -0.25) is 14.7 Å². The first-order valence-corrected chi connectivity index (χ1v) is 8.57. The van der Waals surface area contributed by atoms with Gasteiger partial charge in [-0.15, -0.1) is 0 Å². The Bertz CT molecular complexity index is 684. The zero-order chi connectivity index (χ0) is 16.9. The molecule has 1 saturated heterocycles. The molecule has 24 heavy (non-hydrogen) atoms. The van der Waals surface area contributed by atoms with Crippen LogP contribution >= 0.6 is 0 Å². The summed E-state index contributed by atoms with van der Waals surface area (Å²) in [5, 5.41) is 0. The number of rotatable bonds is 5. The van der Waals surface area contributed by atoms with Gasteiger partial charge in [-0.1, -0.05) is 36.4 Å². The Morgan fingerprint density at radius 1 is 1.17 bits per heavy atom. The van der Waals surface area contributed by atoms with Gasteiger partial charge >= 0.3 is 0 Å². The maximum atomic E-state index is 12.0. The lowest BCUT2D eigenvalue weighted by Gasteiger charge is -2.25. The molecule has 126 valence electrons. The highest BCUT2D eigenvalue weighted by molar-refractivity contribution is 5.77. The molecule has 1 aliphatic rings. The summed E-state index contributed by atoms with van der Waals surface area (Å²) in [7, 11) is 3.62. The van der Waals surface area contributed by atoms with Crippen LogP contribution in [0.25, 0.3) is 0 Å². The van der Waals surface area contributed by atoms with Gasteiger partial charge in [0.25, 0.3) is 0 Å². The molecule has 0 radical (unpaired) electrons. The van der Waals surface area contributed by atoms with Crippen LogP contribution in [0.2, 0.25) is 0 Å². The quantitative estimate of drug-likeness (QED) is 0.849. The van der Waals surface area contributed by atoms with E-state index in [4.69, 9.17) is 4.98 Å². The predicted molar refractivity (Wildman–Crippen MR) is 95.7 cm³/mol. The van der Waals surface area contributed by atoms with E-state index in [2.05, 4.69) is 47.4 Å². The van der Waals surface area contributed by atoms with Crippen molar-refractivity contribution in [3.8, 4) is 0 Å². The Morgan fingerprint density at radius 3 is 2.71 bits per heavy atom. The fraction of sp³-hybridized carbons (Fsp3) is 0.400. The number of carbonyl (C=O) groups excluding carboxylic acids is 1. The number of nitrogens with zero attached hydrogens (tertiary/aromatic N) is 3. The first-order chi connectivity index (χ1) is 11.6. The molecule has 4 heteroatoms. The van der Waals surface area contributed by atoms with Crippen LogP contribution in [-0.2, 0) is 11.2 Å². The number of amides is 1. The average molecular weight is 323 g/mol. The van der Waals surface area contributed by atoms with E-state index in [-0.39, 0.29) is 11.9 Å². The summed E-state index contributed by atoms with van der Waals surface area (Å²) in [6.45, 7) is 1.44. The van der Waals surface area contributed by atoms with Crippen molar-refractivity contribution in [2.75, 3.05) is 27.2 Å². The molecule has 1 aromatic carbocycles. The second-order valence-corrected chi connectivity index (χ2v) is 6.63. The van der Waals surface area contributed by atoms with E-state index in [1.807, 2.05) is 20.2 Å². The third-order valence-electron chi connectivity index (χ3n) is 4.60. The molecule has 1 amide bonds. The highest BCUT2D eigenvalue weighted by atomic mass is 16.2. The van der Waals surface area contributed by atoms with Crippen LogP contribution < -0.4 is 0 Å². The molecule has 1 aromatic heterocycles. The zero-order valence-electron chi connectivity index (χ0n) is 14.5. The molecule has 0 aliphatic carbocycles. The summed E-state index contributed by atoms with van der Waals surface area (Å²) in [6.07, 6.45) is 3.04. The highest BCUT2D eigenvalue weighted by Gasteiger charge is 2.29. The summed E-state index contributed by atoms with van der Waals surface area (Å²) in [5.74, 6) is 0.155. The molecule has 1 atom stereocenters. The number of aromatic nitrogens is 1. The summed E-state index contributed by atoms with van der Waals surface area (Å²) >= 11 is 0. The summed E-state index contributed by atoms with van der Waals surface area (Å²) < 4.78 is 0. The molecule has 1 aliphatic heterocycles. The van der Waals surface area contributed by atoms with Gasteiger partial charge in [0.2, 0.25) is 5.91 Å². The minimum Gasteiger partial charge on any atom is -0.348 e. The van der Waals surface area contributed by atoms with E-state index < -0.39 is 0 Å². The number of likely N-dealkylation sites (tertiary alicyclic amines) is 1. The third-order valence-corrected chi connectivity index (χ3v) is 4.60. The Kier molecular flexibility index (Phi) is 5.26. The molecular formula is C20H25N3O. The summed E-state index contributed by atoms with van der Waals surface area (Å²) in [6, 6.07) is 16.9. The van der Waals surface area contributed by atoms with Crippen molar-refractivity contribution in [1.29, 1.82) is 0 Å². The van der Waals surface area contributed by atoms with Crippen LogP contribution in [-0.4, -0.2) is 47.9 Å². The Morgan fingerprint density at radius 2 is 1.96 bits per heavy atom. The van der Waals surface area contributed by atoms with Gasteiger partial charge < -0.3 is 4.90 Å². The molecule has 0 N–H and O–H groups in total. The standard InChI is InChI=1S/C20H25N3O/c1-22(2)20(24)15-23-13-7-12-19(23)18-11-6-10-17(21-18)14-16-8-4-3-5-9-16/h3-6,8-11,19H,7,12-15H2,1-2H3/t19-/m0/s1. The first-order valence-electron chi connectivity index (χ1n) is 8.57. The number of hydrogen-bond acceptors (Lipinski definition) is 3. The van der Waals surface area contributed by atoms with E-state index >= 15 is 0 Å². The van der Waals surface area contributed by atoms with E-state index in [0.717, 1.165) is 37.2 Å². The van der Waals surface area contributed by atoms with Crippen molar-refractivity contribution in [3.63, 3.8) is 0 Å². The largest absolute Gasteiger partial charge is 0.348 e. The SMILES string of the molecule is CN(C)C(=O)CN1CCC[C@H]1c1cccc(Cc2ccccc2)n1. The Labute approximate surface area is 144 Å². The van der Waals surface area contributed by atoms with Crippen LogP contribution in [0.3, 0.4) is 0 Å². The maximum absolute atomic E-state index is 12.0. The first kappa shape index (κ1) is 16.7. The number of hydrogen-bond donors (Lipinski definition) is 0. The summed E-state index contributed by atoms with van der Waals surface area (Å²) in [5.41, 5.74) is 3.45. The normalized spacial score (nSPS) is 17.8. The van der Waals surface area contributed by atoms with Gasteiger partial charge in [0.1, 0.15) is 0 Å². The lowest BCUT2D eigenvalue weighted by molar-refractivity contribution is -0.130.